The van der Waals surface area contributed by atoms with Gasteiger partial charge in [-0.3, -0.25) is 4.79 Å². The van der Waals surface area contributed by atoms with Crippen LogP contribution in [0.25, 0.3) is 0 Å². The van der Waals surface area contributed by atoms with Crippen molar-refractivity contribution in [1.29, 1.82) is 0 Å². The maximum atomic E-state index is 13.6. The van der Waals surface area contributed by atoms with Crippen LogP contribution in [0.15, 0.2) is 36.5 Å². The van der Waals surface area contributed by atoms with Crippen LogP contribution in [0, 0.1) is 11.6 Å². The van der Waals surface area contributed by atoms with E-state index >= 15 is 0 Å². The molecule has 1 N–H and O–H groups in total. The molecule has 1 fully saturated rings. The Morgan fingerprint density at radius 1 is 1.18 bits per heavy atom. The van der Waals surface area contributed by atoms with Gasteiger partial charge >= 0.3 is 0 Å². The van der Waals surface area contributed by atoms with Gasteiger partial charge in [0.25, 0.3) is 5.91 Å². The van der Waals surface area contributed by atoms with E-state index in [0.29, 0.717) is 11.4 Å². The summed E-state index contributed by atoms with van der Waals surface area (Å²) < 4.78 is 26.6. The molecule has 2 heterocycles. The summed E-state index contributed by atoms with van der Waals surface area (Å²) in [5.74, 6) is -1.35. The highest BCUT2D eigenvalue weighted by atomic mass is 19.1. The van der Waals surface area contributed by atoms with Crippen LogP contribution in [0.2, 0.25) is 0 Å². The fourth-order valence-electron chi connectivity index (χ4n) is 2.54. The van der Waals surface area contributed by atoms with E-state index in [1.165, 1.54) is 6.07 Å². The first-order valence-electron chi connectivity index (χ1n) is 7.11. The SMILES string of the molecule is O=C(Nc1ccc(F)cc1F)c1cccnc1N1CCCC1. The molecule has 1 aromatic carbocycles. The fraction of sp³-hybridized carbons (Fsp3) is 0.250. The number of carbonyl (C=O) groups excluding carboxylic acids is 1. The van der Waals surface area contributed by atoms with E-state index in [-0.39, 0.29) is 5.69 Å². The standard InChI is InChI=1S/C16H15F2N3O/c17-11-5-6-14(13(18)10-11)20-16(22)12-4-3-7-19-15(12)21-8-1-2-9-21/h3-7,10H,1-2,8-9H2,(H,20,22). The second-order valence-corrected chi connectivity index (χ2v) is 5.15. The molecule has 1 saturated heterocycles. The van der Waals surface area contributed by atoms with Crippen molar-refractivity contribution in [2.75, 3.05) is 23.3 Å². The third kappa shape index (κ3) is 2.90. The Kier molecular flexibility index (Phi) is 4.00. The van der Waals surface area contributed by atoms with Crippen LogP contribution >= 0.6 is 0 Å². The van der Waals surface area contributed by atoms with Crippen LogP contribution in [0.5, 0.6) is 0 Å². The summed E-state index contributed by atoms with van der Waals surface area (Å²) in [4.78, 5) is 18.7. The minimum absolute atomic E-state index is 0.0531. The number of halogens is 2. The minimum Gasteiger partial charge on any atom is -0.356 e. The third-order valence-corrected chi connectivity index (χ3v) is 3.62. The average Bonchev–Trinajstić information content (AvgIpc) is 3.04. The van der Waals surface area contributed by atoms with Gasteiger partial charge in [-0.05, 0) is 37.1 Å². The van der Waals surface area contributed by atoms with Gasteiger partial charge in [0.2, 0.25) is 0 Å². The van der Waals surface area contributed by atoms with E-state index in [4.69, 9.17) is 0 Å². The molecule has 22 heavy (non-hydrogen) atoms. The maximum Gasteiger partial charge on any atom is 0.259 e. The summed E-state index contributed by atoms with van der Waals surface area (Å²) in [7, 11) is 0. The molecule has 0 spiro atoms. The number of amides is 1. The first-order chi connectivity index (χ1) is 10.6. The molecular formula is C16H15F2N3O. The topological polar surface area (TPSA) is 45.2 Å². The number of carbonyl (C=O) groups is 1. The van der Waals surface area contributed by atoms with E-state index in [2.05, 4.69) is 10.3 Å². The van der Waals surface area contributed by atoms with Gasteiger partial charge in [0.1, 0.15) is 17.5 Å². The van der Waals surface area contributed by atoms with E-state index in [1.54, 1.807) is 18.3 Å². The Balaban J connectivity index is 1.86. The van der Waals surface area contributed by atoms with Crippen molar-refractivity contribution in [3.05, 3.63) is 53.7 Å². The van der Waals surface area contributed by atoms with Crippen molar-refractivity contribution in [2.24, 2.45) is 0 Å². The molecule has 0 unspecified atom stereocenters. The van der Waals surface area contributed by atoms with Gasteiger partial charge in [0.05, 0.1) is 11.3 Å². The molecule has 1 aliphatic heterocycles. The zero-order valence-corrected chi connectivity index (χ0v) is 11.9. The van der Waals surface area contributed by atoms with E-state index in [9.17, 15) is 13.6 Å². The van der Waals surface area contributed by atoms with Crippen LogP contribution < -0.4 is 10.2 Å². The number of nitrogens with one attached hydrogen (secondary N) is 1. The van der Waals surface area contributed by atoms with Crippen LogP contribution in [0.3, 0.4) is 0 Å². The Hall–Kier alpha value is -2.50. The first-order valence-corrected chi connectivity index (χ1v) is 7.11. The highest BCUT2D eigenvalue weighted by molar-refractivity contribution is 6.07. The zero-order valence-electron chi connectivity index (χ0n) is 11.9. The monoisotopic (exact) mass is 303 g/mol. The van der Waals surface area contributed by atoms with Gasteiger partial charge < -0.3 is 10.2 Å². The summed E-state index contributed by atoms with van der Waals surface area (Å²) in [6.07, 6.45) is 3.75. The van der Waals surface area contributed by atoms with Crippen LogP contribution in [0.4, 0.5) is 20.3 Å². The Morgan fingerprint density at radius 3 is 2.68 bits per heavy atom. The maximum absolute atomic E-state index is 13.6. The Labute approximate surface area is 126 Å². The second kappa shape index (κ2) is 6.09. The smallest absolute Gasteiger partial charge is 0.259 e. The number of pyridine rings is 1. The van der Waals surface area contributed by atoms with Crippen molar-refractivity contribution < 1.29 is 13.6 Å². The van der Waals surface area contributed by atoms with Gasteiger partial charge in [-0.25, -0.2) is 13.8 Å². The summed E-state index contributed by atoms with van der Waals surface area (Å²) in [6, 6.07) is 6.35. The van der Waals surface area contributed by atoms with Crippen LogP contribution in [0.1, 0.15) is 23.2 Å². The molecule has 1 aliphatic rings. The first kappa shape index (κ1) is 14.4. The lowest BCUT2D eigenvalue weighted by molar-refractivity contribution is 0.102. The van der Waals surface area contributed by atoms with Gasteiger partial charge in [-0.15, -0.1) is 0 Å². The fourth-order valence-corrected chi connectivity index (χ4v) is 2.54. The average molecular weight is 303 g/mol. The molecular weight excluding hydrogens is 288 g/mol. The molecule has 3 rings (SSSR count). The molecule has 0 aliphatic carbocycles. The van der Waals surface area contributed by atoms with Crippen molar-refractivity contribution in [3.8, 4) is 0 Å². The lowest BCUT2D eigenvalue weighted by atomic mass is 10.2. The van der Waals surface area contributed by atoms with Gasteiger partial charge in [0.15, 0.2) is 0 Å². The second-order valence-electron chi connectivity index (χ2n) is 5.15. The molecule has 0 radical (unpaired) electrons. The summed E-state index contributed by atoms with van der Waals surface area (Å²) in [5, 5.41) is 2.47. The molecule has 0 atom stereocenters. The number of aromatic nitrogens is 1. The molecule has 2 aromatic rings. The largest absolute Gasteiger partial charge is 0.356 e. The van der Waals surface area contributed by atoms with Crippen LogP contribution in [-0.2, 0) is 0 Å². The third-order valence-electron chi connectivity index (χ3n) is 3.62. The number of benzene rings is 1. The van der Waals surface area contributed by atoms with Gasteiger partial charge in [-0.2, -0.15) is 0 Å². The molecule has 1 aromatic heterocycles. The normalized spacial score (nSPS) is 14.2. The van der Waals surface area contributed by atoms with Crippen molar-refractivity contribution in [3.63, 3.8) is 0 Å². The predicted octanol–water partition coefficient (Wildman–Crippen LogP) is 3.21. The highest BCUT2D eigenvalue weighted by Crippen LogP contribution is 2.23. The number of rotatable bonds is 3. The summed E-state index contributed by atoms with van der Waals surface area (Å²) in [6.45, 7) is 1.70. The van der Waals surface area contributed by atoms with Crippen molar-refractivity contribution >= 4 is 17.4 Å². The van der Waals surface area contributed by atoms with Crippen LogP contribution in [-0.4, -0.2) is 24.0 Å². The molecule has 4 nitrogen and oxygen atoms in total. The van der Waals surface area contributed by atoms with Gasteiger partial charge in [0, 0.05) is 25.4 Å². The highest BCUT2D eigenvalue weighted by Gasteiger charge is 2.21. The quantitative estimate of drug-likeness (QED) is 0.947. The minimum atomic E-state index is -0.806. The predicted molar refractivity (Wildman–Crippen MR) is 80.0 cm³/mol. The zero-order chi connectivity index (χ0) is 15.5. The Morgan fingerprint density at radius 2 is 1.95 bits per heavy atom. The Bertz CT molecular complexity index is 700. The van der Waals surface area contributed by atoms with Gasteiger partial charge in [-0.1, -0.05) is 0 Å². The number of hydrogen-bond acceptors (Lipinski definition) is 3. The number of nitrogens with zero attached hydrogens (tertiary/aromatic N) is 2. The molecule has 114 valence electrons. The van der Waals surface area contributed by atoms with E-state index < -0.39 is 17.5 Å². The summed E-state index contributed by atoms with van der Waals surface area (Å²) in [5.41, 5.74) is 0.329. The molecule has 0 saturated carbocycles. The lowest BCUT2D eigenvalue weighted by Crippen LogP contribution is -2.24. The number of anilines is 2. The lowest BCUT2D eigenvalue weighted by Gasteiger charge is -2.19. The molecule has 0 bridgehead atoms. The number of hydrogen-bond donors (Lipinski definition) is 1. The van der Waals surface area contributed by atoms with E-state index in [0.717, 1.165) is 38.1 Å². The summed E-state index contributed by atoms with van der Waals surface area (Å²) >= 11 is 0. The van der Waals surface area contributed by atoms with E-state index in [1.807, 2.05) is 4.90 Å². The molecule has 1 amide bonds. The van der Waals surface area contributed by atoms with Crippen molar-refractivity contribution in [1.82, 2.24) is 4.98 Å². The van der Waals surface area contributed by atoms with Crippen molar-refractivity contribution in [2.45, 2.75) is 12.8 Å². The molecule has 6 heteroatoms.